The number of hydrogen-bond acceptors (Lipinski definition) is 6. The van der Waals surface area contributed by atoms with E-state index >= 15 is 0 Å². The summed E-state index contributed by atoms with van der Waals surface area (Å²) < 4.78 is 1.05. The highest BCUT2D eigenvalue weighted by Gasteiger charge is 2.18. The molecule has 4 aromatic carbocycles. The van der Waals surface area contributed by atoms with Gasteiger partial charge in [-0.05, 0) is 103 Å². The Hall–Kier alpha value is -4.79. The summed E-state index contributed by atoms with van der Waals surface area (Å²) in [6, 6.07) is 30.8. The monoisotopic (exact) mass is 575 g/mol. The van der Waals surface area contributed by atoms with Crippen molar-refractivity contribution in [3.05, 3.63) is 125 Å². The molecule has 2 heterocycles. The van der Waals surface area contributed by atoms with Crippen molar-refractivity contribution in [1.29, 1.82) is 0 Å². The fourth-order valence-electron chi connectivity index (χ4n) is 5.01. The van der Waals surface area contributed by atoms with Crippen LogP contribution in [0.4, 0.5) is 17.1 Å². The van der Waals surface area contributed by atoms with Crippen LogP contribution in [0.15, 0.2) is 103 Å². The van der Waals surface area contributed by atoms with Crippen LogP contribution in [0.2, 0.25) is 0 Å². The van der Waals surface area contributed by atoms with E-state index in [2.05, 4.69) is 15.5 Å². The smallest absolute Gasteiger partial charge is 0.265 e. The number of rotatable bonds is 7. The first kappa shape index (κ1) is 27.4. The number of anilines is 3. The molecule has 0 aliphatic carbocycles. The molecule has 3 N–H and O–H groups in total. The topological polar surface area (TPSA) is 98.7 Å². The number of thiophene rings is 1. The van der Waals surface area contributed by atoms with Crippen LogP contribution in [0.25, 0.3) is 10.1 Å². The van der Waals surface area contributed by atoms with Gasteiger partial charge in [-0.15, -0.1) is 11.3 Å². The second-order valence-corrected chi connectivity index (χ2v) is 11.4. The highest BCUT2D eigenvalue weighted by atomic mass is 32.1. The highest BCUT2D eigenvalue weighted by Crippen LogP contribution is 2.26. The number of carbonyl (C=O) groups excluding carboxylic acids is 3. The molecule has 8 heteroatoms. The van der Waals surface area contributed by atoms with Crippen LogP contribution in [-0.4, -0.2) is 41.9 Å². The van der Waals surface area contributed by atoms with Gasteiger partial charge in [-0.2, -0.15) is 0 Å². The Balaban J connectivity index is 1.04. The molecule has 0 unspecified atom stereocenters. The minimum Gasteiger partial charge on any atom is -0.393 e. The summed E-state index contributed by atoms with van der Waals surface area (Å²) in [7, 11) is 0. The van der Waals surface area contributed by atoms with Gasteiger partial charge in [0, 0.05) is 51.5 Å². The van der Waals surface area contributed by atoms with E-state index in [0.717, 1.165) is 41.7 Å². The molecule has 1 aliphatic rings. The Labute approximate surface area is 247 Å². The van der Waals surface area contributed by atoms with E-state index in [0.29, 0.717) is 32.9 Å². The van der Waals surface area contributed by atoms with Gasteiger partial charge in [-0.25, -0.2) is 0 Å². The third kappa shape index (κ3) is 6.10. The summed E-state index contributed by atoms with van der Waals surface area (Å²) in [6.07, 6.45) is 1.27. The van der Waals surface area contributed by atoms with Crippen LogP contribution >= 0.6 is 11.3 Å². The molecule has 1 aromatic heterocycles. The maximum Gasteiger partial charge on any atom is 0.265 e. The third-order valence-corrected chi connectivity index (χ3v) is 8.53. The summed E-state index contributed by atoms with van der Waals surface area (Å²) >= 11 is 1.44. The van der Waals surface area contributed by atoms with Gasteiger partial charge < -0.3 is 20.6 Å². The van der Waals surface area contributed by atoms with Gasteiger partial charge in [0.1, 0.15) is 0 Å². The molecule has 1 aliphatic heterocycles. The molecular formula is C34H29N3O4S. The first-order chi connectivity index (χ1) is 20.4. The molecule has 0 saturated carbocycles. The van der Waals surface area contributed by atoms with Crippen molar-refractivity contribution in [1.82, 2.24) is 0 Å². The van der Waals surface area contributed by atoms with Crippen LogP contribution in [0, 0.1) is 0 Å². The number of hydrogen-bond donors (Lipinski definition) is 3. The number of piperidine rings is 1. The van der Waals surface area contributed by atoms with Crippen LogP contribution in [0.5, 0.6) is 0 Å². The van der Waals surface area contributed by atoms with Crippen molar-refractivity contribution in [2.45, 2.75) is 18.9 Å². The number of fused-ring (bicyclic) bond motifs is 1. The number of carbonyl (C=O) groups is 3. The highest BCUT2D eigenvalue weighted by molar-refractivity contribution is 7.20. The number of benzene rings is 4. The number of aliphatic hydroxyl groups excluding tert-OH is 1. The predicted octanol–water partition coefficient (Wildman–Crippen LogP) is 6.60. The minimum absolute atomic E-state index is 0.156. The van der Waals surface area contributed by atoms with Gasteiger partial charge in [-0.3, -0.25) is 14.4 Å². The lowest BCUT2D eigenvalue weighted by Crippen LogP contribution is -2.35. The quantitative estimate of drug-likeness (QED) is 0.190. The van der Waals surface area contributed by atoms with Gasteiger partial charge in [0.05, 0.1) is 11.0 Å². The molecule has 210 valence electrons. The van der Waals surface area contributed by atoms with Crippen molar-refractivity contribution < 1.29 is 19.5 Å². The third-order valence-electron chi connectivity index (χ3n) is 7.42. The lowest BCUT2D eigenvalue weighted by molar-refractivity contribution is 0.102. The van der Waals surface area contributed by atoms with E-state index in [1.54, 1.807) is 60.7 Å². The van der Waals surface area contributed by atoms with Gasteiger partial charge in [0.15, 0.2) is 5.78 Å². The summed E-state index contributed by atoms with van der Waals surface area (Å²) in [5, 5.41) is 16.5. The van der Waals surface area contributed by atoms with Gasteiger partial charge >= 0.3 is 0 Å². The Morgan fingerprint density at radius 1 is 0.690 bits per heavy atom. The second-order valence-electron chi connectivity index (χ2n) is 10.3. The number of ketones is 1. The largest absolute Gasteiger partial charge is 0.393 e. The predicted molar refractivity (Wildman–Crippen MR) is 168 cm³/mol. The molecule has 1 saturated heterocycles. The van der Waals surface area contributed by atoms with Crippen LogP contribution in [0.3, 0.4) is 0 Å². The average Bonchev–Trinajstić information content (AvgIpc) is 3.47. The molecule has 5 aromatic rings. The normalized spacial score (nSPS) is 13.6. The van der Waals surface area contributed by atoms with Crippen molar-refractivity contribution in [2.75, 3.05) is 28.6 Å². The number of aliphatic hydroxyl groups is 1. The molecule has 0 atom stereocenters. The molecular weight excluding hydrogens is 546 g/mol. The van der Waals surface area contributed by atoms with E-state index < -0.39 is 0 Å². The van der Waals surface area contributed by atoms with E-state index in [1.165, 1.54) is 11.3 Å². The molecule has 7 nitrogen and oxygen atoms in total. The molecule has 0 radical (unpaired) electrons. The van der Waals surface area contributed by atoms with Crippen molar-refractivity contribution in [3.8, 4) is 0 Å². The Morgan fingerprint density at radius 3 is 1.83 bits per heavy atom. The zero-order valence-electron chi connectivity index (χ0n) is 22.7. The summed E-state index contributed by atoms with van der Waals surface area (Å²) in [6.45, 7) is 1.59. The average molecular weight is 576 g/mol. The lowest BCUT2D eigenvalue weighted by atomic mass is 10.0. The van der Waals surface area contributed by atoms with Crippen molar-refractivity contribution in [3.63, 3.8) is 0 Å². The van der Waals surface area contributed by atoms with E-state index in [4.69, 9.17) is 0 Å². The maximum atomic E-state index is 13.0. The van der Waals surface area contributed by atoms with Crippen LogP contribution < -0.4 is 15.5 Å². The van der Waals surface area contributed by atoms with Crippen LogP contribution in [0.1, 0.15) is 48.8 Å². The Morgan fingerprint density at radius 2 is 1.24 bits per heavy atom. The van der Waals surface area contributed by atoms with E-state index in [9.17, 15) is 19.5 Å². The van der Waals surface area contributed by atoms with Crippen molar-refractivity contribution in [2.24, 2.45) is 0 Å². The molecule has 42 heavy (non-hydrogen) atoms. The number of nitrogens with one attached hydrogen (secondary N) is 2. The Kier molecular flexibility index (Phi) is 7.81. The molecule has 0 bridgehead atoms. The fourth-order valence-corrected chi connectivity index (χ4v) is 5.97. The molecule has 6 rings (SSSR count). The van der Waals surface area contributed by atoms with Gasteiger partial charge in [0.2, 0.25) is 0 Å². The lowest BCUT2D eigenvalue weighted by Gasteiger charge is -2.31. The minimum atomic E-state index is -0.233. The van der Waals surface area contributed by atoms with E-state index in [1.807, 2.05) is 42.5 Å². The van der Waals surface area contributed by atoms with E-state index in [-0.39, 0.29) is 23.7 Å². The first-order valence-corrected chi connectivity index (χ1v) is 14.6. The van der Waals surface area contributed by atoms with Crippen molar-refractivity contribution >= 4 is 56.1 Å². The SMILES string of the molecule is O=C(Nc1ccc(C(=O)c2ccc(NC(=O)c3cc4ccccc4s3)cc2)cc1)c1ccc(N2CCC(O)CC2)cc1. The zero-order chi connectivity index (χ0) is 29.1. The standard InChI is InChI=1S/C34H29N3O4S/c38-29-17-19-37(20-18-29)28-15-9-24(10-16-28)33(40)35-26-11-5-22(6-12-26)32(39)23-7-13-27(14-8-23)36-34(41)31-21-25-3-1-2-4-30(25)42-31/h1-16,21,29,38H,17-20H2,(H,35,40)(H,36,41). The molecule has 0 spiro atoms. The summed E-state index contributed by atoms with van der Waals surface area (Å²) in [5.74, 6) is -0.578. The molecule has 1 fully saturated rings. The Bertz CT molecular complexity index is 1700. The van der Waals surface area contributed by atoms with Gasteiger partial charge in [0.25, 0.3) is 11.8 Å². The summed E-state index contributed by atoms with van der Waals surface area (Å²) in [4.78, 5) is 41.4. The number of amides is 2. The zero-order valence-corrected chi connectivity index (χ0v) is 23.6. The van der Waals surface area contributed by atoms with Crippen LogP contribution in [-0.2, 0) is 0 Å². The fraction of sp³-hybridized carbons (Fsp3) is 0.147. The summed E-state index contributed by atoms with van der Waals surface area (Å²) in [5.41, 5.74) is 3.75. The second kappa shape index (κ2) is 12.0. The van der Waals surface area contributed by atoms with Gasteiger partial charge in [-0.1, -0.05) is 18.2 Å². The number of nitrogens with zero attached hydrogens (tertiary/aromatic N) is 1. The molecule has 2 amide bonds. The first-order valence-electron chi connectivity index (χ1n) is 13.8. The maximum absolute atomic E-state index is 13.0.